The van der Waals surface area contributed by atoms with Crippen molar-refractivity contribution >= 4 is 22.6 Å². The maximum absolute atomic E-state index is 12.2. The highest BCUT2D eigenvalue weighted by atomic mass is 16.5. The van der Waals surface area contributed by atoms with E-state index in [-0.39, 0.29) is 23.2 Å². The summed E-state index contributed by atoms with van der Waals surface area (Å²) in [4.78, 5) is 26.7. The molecule has 0 saturated carbocycles. The largest absolute Gasteiger partial charge is 0.462 e. The molecule has 0 aliphatic heterocycles. The standard InChI is InChI=1S/C16H20N2O2.C14H14N2O/c1-6-20-16(19)14(8-17)9-18-15-7-10(2)11(3)12(4)13(15)5;1-7-8(2)10(4)13-12(9(7)3)14(17)11(5-15)6-16-13/h7,9,18H,6H2,1-5H3;6H,1-4H3,(H,16,17). The van der Waals surface area contributed by atoms with E-state index in [0.717, 1.165) is 33.5 Å². The van der Waals surface area contributed by atoms with E-state index in [0.29, 0.717) is 5.39 Å². The monoisotopic (exact) mass is 498 g/mol. The number of carbonyl (C=O) groups is 1. The lowest BCUT2D eigenvalue weighted by atomic mass is 9.94. The molecular formula is C30H34N4O3. The third kappa shape index (κ3) is 5.90. The third-order valence-corrected chi connectivity index (χ3v) is 7.11. The van der Waals surface area contributed by atoms with Gasteiger partial charge in [-0.2, -0.15) is 10.5 Å². The fraction of sp³-hybridized carbons (Fsp3) is 0.333. The fourth-order valence-corrected chi connectivity index (χ4v) is 4.06. The average molecular weight is 499 g/mol. The molecule has 0 amide bonds. The van der Waals surface area contributed by atoms with Crippen LogP contribution in [0.3, 0.4) is 0 Å². The number of fused-ring (bicyclic) bond motifs is 1. The highest BCUT2D eigenvalue weighted by molar-refractivity contribution is 5.93. The predicted octanol–water partition coefficient (Wildman–Crippen LogP) is 5.94. The first kappa shape index (κ1) is 28.9. The summed E-state index contributed by atoms with van der Waals surface area (Å²) in [7, 11) is 0. The third-order valence-electron chi connectivity index (χ3n) is 7.11. The molecule has 3 rings (SSSR count). The quantitative estimate of drug-likeness (QED) is 0.261. The highest BCUT2D eigenvalue weighted by Gasteiger charge is 2.14. The van der Waals surface area contributed by atoms with Gasteiger partial charge in [0, 0.05) is 18.1 Å². The van der Waals surface area contributed by atoms with Crippen LogP contribution in [0.4, 0.5) is 5.69 Å². The molecule has 1 heterocycles. The van der Waals surface area contributed by atoms with Crippen molar-refractivity contribution in [2.24, 2.45) is 0 Å². The van der Waals surface area contributed by atoms with E-state index in [1.54, 1.807) is 6.92 Å². The lowest BCUT2D eigenvalue weighted by Crippen LogP contribution is -2.11. The van der Waals surface area contributed by atoms with E-state index in [2.05, 4.69) is 24.1 Å². The molecule has 7 heteroatoms. The topological polar surface area (TPSA) is 119 Å². The fourth-order valence-electron chi connectivity index (χ4n) is 4.06. The Morgan fingerprint density at radius 3 is 2.11 bits per heavy atom. The summed E-state index contributed by atoms with van der Waals surface area (Å²) in [5.74, 6) is -0.610. The average Bonchev–Trinajstić information content (AvgIpc) is 2.88. The van der Waals surface area contributed by atoms with Gasteiger partial charge in [0.2, 0.25) is 5.43 Å². The first-order valence-electron chi connectivity index (χ1n) is 12.0. The minimum Gasteiger partial charge on any atom is -0.462 e. The number of nitrogens with one attached hydrogen (secondary N) is 2. The summed E-state index contributed by atoms with van der Waals surface area (Å²) in [6.45, 7) is 18.1. The molecular weight excluding hydrogens is 464 g/mol. The Labute approximate surface area is 218 Å². The van der Waals surface area contributed by atoms with Gasteiger partial charge < -0.3 is 15.0 Å². The highest BCUT2D eigenvalue weighted by Crippen LogP contribution is 2.26. The Morgan fingerprint density at radius 1 is 0.946 bits per heavy atom. The van der Waals surface area contributed by atoms with Gasteiger partial charge in [0.25, 0.3) is 0 Å². The van der Waals surface area contributed by atoms with E-state index < -0.39 is 5.97 Å². The summed E-state index contributed by atoms with van der Waals surface area (Å²) in [5, 5.41) is 21.5. The zero-order valence-corrected chi connectivity index (χ0v) is 23.1. The number of aromatic nitrogens is 1. The zero-order chi connectivity index (χ0) is 28.0. The van der Waals surface area contributed by atoms with E-state index >= 15 is 0 Å². The minimum absolute atomic E-state index is 0.0397. The van der Waals surface area contributed by atoms with Crippen molar-refractivity contribution in [3.8, 4) is 12.1 Å². The molecule has 1 aromatic heterocycles. The molecule has 0 spiro atoms. The van der Waals surface area contributed by atoms with Gasteiger partial charge in [-0.1, -0.05) is 0 Å². The van der Waals surface area contributed by atoms with Crippen molar-refractivity contribution < 1.29 is 9.53 Å². The number of pyridine rings is 1. The Kier molecular flexibility index (Phi) is 9.41. The summed E-state index contributed by atoms with van der Waals surface area (Å²) in [5.41, 5.74) is 10.8. The van der Waals surface area contributed by atoms with E-state index in [4.69, 9.17) is 15.3 Å². The first-order chi connectivity index (χ1) is 17.4. The summed E-state index contributed by atoms with van der Waals surface area (Å²) >= 11 is 0. The smallest absolute Gasteiger partial charge is 0.350 e. The van der Waals surface area contributed by atoms with Crippen molar-refractivity contribution in [2.75, 3.05) is 11.9 Å². The van der Waals surface area contributed by atoms with Crippen LogP contribution in [0.15, 0.2) is 28.8 Å². The molecule has 0 saturated heterocycles. The van der Waals surface area contributed by atoms with Gasteiger partial charge in [0.15, 0.2) is 5.57 Å². The number of rotatable bonds is 4. The summed E-state index contributed by atoms with van der Waals surface area (Å²) < 4.78 is 4.81. The number of aryl methyl sites for hydroxylation is 3. The SMILES string of the molecule is CCOC(=O)C(C#N)=CNc1cc(C)c(C)c(C)c1C.Cc1c(C)c(C)c2c(=O)c(C#N)c[nH]c2c1C. The van der Waals surface area contributed by atoms with Crippen molar-refractivity contribution in [3.05, 3.63) is 84.3 Å². The Hall–Kier alpha value is -4.36. The second-order valence-corrected chi connectivity index (χ2v) is 9.04. The number of hydrogen-bond donors (Lipinski definition) is 2. The Balaban J connectivity index is 0.000000263. The van der Waals surface area contributed by atoms with Crippen LogP contribution in [-0.2, 0) is 9.53 Å². The molecule has 0 radical (unpaired) electrons. The predicted molar refractivity (Wildman–Crippen MR) is 148 cm³/mol. The van der Waals surface area contributed by atoms with Crippen LogP contribution < -0.4 is 10.7 Å². The second-order valence-electron chi connectivity index (χ2n) is 9.04. The van der Waals surface area contributed by atoms with Crippen LogP contribution in [-0.4, -0.2) is 17.6 Å². The van der Waals surface area contributed by atoms with Gasteiger partial charge in [0.05, 0.1) is 17.5 Å². The molecule has 192 valence electrons. The number of hydrogen-bond acceptors (Lipinski definition) is 6. The lowest BCUT2D eigenvalue weighted by Gasteiger charge is -2.14. The number of aromatic amines is 1. The van der Waals surface area contributed by atoms with Gasteiger partial charge >= 0.3 is 5.97 Å². The number of esters is 1. The molecule has 0 aliphatic rings. The lowest BCUT2D eigenvalue weighted by molar-refractivity contribution is -0.138. The number of H-pyrrole nitrogens is 1. The van der Waals surface area contributed by atoms with Crippen LogP contribution in [0.25, 0.3) is 10.9 Å². The maximum Gasteiger partial charge on any atom is 0.350 e. The van der Waals surface area contributed by atoms with Crippen LogP contribution in [0, 0.1) is 78.1 Å². The van der Waals surface area contributed by atoms with Crippen molar-refractivity contribution in [3.63, 3.8) is 0 Å². The Morgan fingerprint density at radius 2 is 1.54 bits per heavy atom. The van der Waals surface area contributed by atoms with Gasteiger partial charge in [-0.15, -0.1) is 0 Å². The molecule has 0 fully saturated rings. The van der Waals surface area contributed by atoms with Crippen molar-refractivity contribution in [1.82, 2.24) is 4.98 Å². The molecule has 0 aliphatic carbocycles. The molecule has 7 nitrogen and oxygen atoms in total. The summed E-state index contributed by atoms with van der Waals surface area (Å²) in [6.07, 6.45) is 2.89. The van der Waals surface area contributed by atoms with E-state index in [9.17, 15) is 9.59 Å². The van der Waals surface area contributed by atoms with Crippen LogP contribution in [0.5, 0.6) is 0 Å². The normalized spacial score (nSPS) is 10.7. The summed E-state index contributed by atoms with van der Waals surface area (Å²) in [6, 6.07) is 5.77. The molecule has 0 atom stereocenters. The van der Waals surface area contributed by atoms with Gasteiger partial charge in [0.1, 0.15) is 17.7 Å². The molecule has 0 bridgehead atoms. The molecule has 2 aromatic carbocycles. The van der Waals surface area contributed by atoms with E-state index in [1.165, 1.54) is 34.7 Å². The van der Waals surface area contributed by atoms with Crippen LogP contribution in [0.1, 0.15) is 57.0 Å². The number of nitrogens with zero attached hydrogens (tertiary/aromatic N) is 2. The maximum atomic E-state index is 12.2. The van der Waals surface area contributed by atoms with Crippen LogP contribution in [0.2, 0.25) is 0 Å². The second kappa shape index (κ2) is 12.1. The van der Waals surface area contributed by atoms with E-state index in [1.807, 2.05) is 59.7 Å². The van der Waals surface area contributed by atoms with Crippen molar-refractivity contribution in [2.45, 2.75) is 62.3 Å². The van der Waals surface area contributed by atoms with Gasteiger partial charge in [-0.05, 0) is 113 Å². The van der Waals surface area contributed by atoms with Gasteiger partial charge in [-0.3, -0.25) is 4.79 Å². The van der Waals surface area contributed by atoms with Crippen LogP contribution >= 0.6 is 0 Å². The minimum atomic E-state index is -0.610. The molecule has 37 heavy (non-hydrogen) atoms. The Bertz CT molecular complexity index is 1550. The number of nitriles is 2. The zero-order valence-electron chi connectivity index (χ0n) is 23.1. The number of ether oxygens (including phenoxy) is 1. The molecule has 3 aromatic rings. The molecule has 0 unspecified atom stereocenters. The molecule has 2 N–H and O–H groups in total. The first-order valence-corrected chi connectivity index (χ1v) is 12.0. The van der Waals surface area contributed by atoms with Crippen molar-refractivity contribution in [1.29, 1.82) is 10.5 Å². The number of anilines is 1. The number of benzene rings is 2. The van der Waals surface area contributed by atoms with Gasteiger partial charge in [-0.25, -0.2) is 4.79 Å². The number of carbonyl (C=O) groups excluding carboxylic acids is 1.